The van der Waals surface area contributed by atoms with Gasteiger partial charge in [0.05, 0.1) is 0 Å². The van der Waals surface area contributed by atoms with E-state index < -0.39 is 0 Å². The third-order valence-electron chi connectivity index (χ3n) is 4.46. The molecule has 1 aromatic heterocycles. The van der Waals surface area contributed by atoms with Crippen molar-refractivity contribution in [1.29, 1.82) is 0 Å². The molecule has 0 bridgehead atoms. The van der Waals surface area contributed by atoms with Crippen LogP contribution in [-0.4, -0.2) is 53.4 Å². The molecule has 0 aromatic carbocycles. The summed E-state index contributed by atoms with van der Waals surface area (Å²) < 4.78 is 5.38. The number of piperidine rings is 1. The third kappa shape index (κ3) is 2.46. The van der Waals surface area contributed by atoms with Gasteiger partial charge in [-0.15, -0.1) is 0 Å². The number of hydrogen-bond acceptors (Lipinski definition) is 4. The number of aryl methyl sites for hydroxylation is 1. The van der Waals surface area contributed by atoms with Crippen LogP contribution in [0.25, 0.3) is 0 Å². The van der Waals surface area contributed by atoms with Crippen LogP contribution in [0.3, 0.4) is 0 Å². The number of hydrogen-bond donors (Lipinski definition) is 0. The van der Waals surface area contributed by atoms with Crippen molar-refractivity contribution in [1.82, 2.24) is 14.8 Å². The van der Waals surface area contributed by atoms with Crippen LogP contribution in [0.15, 0.2) is 10.7 Å². The molecule has 3 rings (SSSR count). The zero-order valence-corrected chi connectivity index (χ0v) is 12.3. The fourth-order valence-corrected chi connectivity index (χ4v) is 3.53. The first kappa shape index (κ1) is 13.6. The van der Waals surface area contributed by atoms with Crippen molar-refractivity contribution in [2.45, 2.75) is 38.6 Å². The molecule has 1 aromatic rings. The Morgan fingerprint density at radius 2 is 2.35 bits per heavy atom. The summed E-state index contributed by atoms with van der Waals surface area (Å²) >= 11 is 0. The van der Waals surface area contributed by atoms with Gasteiger partial charge < -0.3 is 14.2 Å². The van der Waals surface area contributed by atoms with Crippen LogP contribution in [0.5, 0.6) is 0 Å². The fourth-order valence-electron chi connectivity index (χ4n) is 3.53. The molecule has 1 amide bonds. The lowest BCUT2D eigenvalue weighted by atomic mass is 9.92. The number of likely N-dealkylation sites (N-methyl/N-ethyl adjacent to an activating group) is 1. The molecule has 3 heterocycles. The van der Waals surface area contributed by atoms with E-state index in [2.05, 4.69) is 23.9 Å². The molecule has 20 heavy (non-hydrogen) atoms. The third-order valence-corrected chi connectivity index (χ3v) is 4.46. The van der Waals surface area contributed by atoms with Gasteiger partial charge in [0, 0.05) is 32.1 Å². The molecule has 0 spiro atoms. The number of rotatable bonds is 3. The van der Waals surface area contributed by atoms with Crippen LogP contribution >= 0.6 is 0 Å². The minimum Gasteiger partial charge on any atom is -0.448 e. The quantitative estimate of drug-likeness (QED) is 0.845. The van der Waals surface area contributed by atoms with Gasteiger partial charge in [0.1, 0.15) is 6.26 Å². The predicted molar refractivity (Wildman–Crippen MR) is 75.5 cm³/mol. The van der Waals surface area contributed by atoms with Gasteiger partial charge in [0.2, 0.25) is 0 Å². The maximum absolute atomic E-state index is 12.7. The zero-order valence-electron chi connectivity index (χ0n) is 12.3. The van der Waals surface area contributed by atoms with E-state index in [-0.39, 0.29) is 5.91 Å². The lowest BCUT2D eigenvalue weighted by Crippen LogP contribution is -2.48. The van der Waals surface area contributed by atoms with Crippen molar-refractivity contribution >= 4 is 5.91 Å². The van der Waals surface area contributed by atoms with Gasteiger partial charge in [-0.25, -0.2) is 4.98 Å². The number of carbonyl (C=O) groups is 1. The summed E-state index contributed by atoms with van der Waals surface area (Å²) in [6, 6.07) is 0.354. The van der Waals surface area contributed by atoms with Crippen molar-refractivity contribution in [3.63, 3.8) is 0 Å². The first-order chi connectivity index (χ1) is 9.69. The molecule has 0 radical (unpaired) electrons. The van der Waals surface area contributed by atoms with Crippen molar-refractivity contribution in [3.05, 3.63) is 17.8 Å². The van der Waals surface area contributed by atoms with E-state index >= 15 is 0 Å². The molecule has 0 saturated carbocycles. The Bertz CT molecular complexity index is 485. The molecule has 5 heteroatoms. The molecule has 2 aliphatic heterocycles. The molecule has 5 nitrogen and oxygen atoms in total. The second-order valence-electron chi connectivity index (χ2n) is 6.07. The summed E-state index contributed by atoms with van der Waals surface area (Å²) in [4.78, 5) is 21.3. The minimum absolute atomic E-state index is 0.0427. The predicted octanol–water partition coefficient (Wildman–Crippen LogP) is 1.79. The smallest absolute Gasteiger partial charge is 0.276 e. The maximum atomic E-state index is 12.7. The molecule has 110 valence electrons. The zero-order chi connectivity index (χ0) is 14.1. The Morgan fingerprint density at radius 3 is 3.15 bits per heavy atom. The van der Waals surface area contributed by atoms with Gasteiger partial charge in [0.15, 0.2) is 11.6 Å². The van der Waals surface area contributed by atoms with Gasteiger partial charge in [0.25, 0.3) is 5.91 Å². The molecule has 0 aliphatic carbocycles. The van der Waals surface area contributed by atoms with Crippen LogP contribution in [0.2, 0.25) is 0 Å². The molecular weight excluding hydrogens is 254 g/mol. The molecular formula is C15H23N3O2. The monoisotopic (exact) mass is 277 g/mol. The number of nitrogens with zero attached hydrogens (tertiary/aromatic N) is 3. The topological polar surface area (TPSA) is 49.6 Å². The van der Waals surface area contributed by atoms with Gasteiger partial charge in [-0.05, 0) is 32.2 Å². The van der Waals surface area contributed by atoms with Gasteiger partial charge in [-0.1, -0.05) is 6.92 Å². The van der Waals surface area contributed by atoms with E-state index in [1.54, 1.807) is 0 Å². The highest BCUT2D eigenvalue weighted by Crippen LogP contribution is 2.30. The van der Waals surface area contributed by atoms with Crippen LogP contribution in [0.1, 0.15) is 42.6 Å². The number of amides is 1. The van der Waals surface area contributed by atoms with Crippen LogP contribution in [0.4, 0.5) is 0 Å². The summed E-state index contributed by atoms with van der Waals surface area (Å²) in [6.07, 6.45) is 5.63. The highest BCUT2D eigenvalue weighted by molar-refractivity contribution is 5.92. The second kappa shape index (κ2) is 5.56. The fraction of sp³-hybridized carbons (Fsp3) is 0.733. The standard InChI is InChI=1S/C15H23N3O2/c1-3-5-14-16-12(10-20-14)15(19)18-7-4-6-11-8-17(2)9-13(11)18/h10-11,13H,3-9H2,1-2H3/t11-,13+/m0/s1. The second-order valence-corrected chi connectivity index (χ2v) is 6.07. The number of carbonyl (C=O) groups excluding carboxylic acids is 1. The van der Waals surface area contributed by atoms with E-state index in [9.17, 15) is 4.79 Å². The van der Waals surface area contributed by atoms with E-state index in [1.807, 2.05) is 4.90 Å². The summed E-state index contributed by atoms with van der Waals surface area (Å²) in [6.45, 7) is 5.02. The summed E-state index contributed by atoms with van der Waals surface area (Å²) in [5.41, 5.74) is 0.476. The Balaban J connectivity index is 1.75. The highest BCUT2D eigenvalue weighted by atomic mass is 16.3. The van der Waals surface area contributed by atoms with E-state index in [0.29, 0.717) is 23.5 Å². The van der Waals surface area contributed by atoms with Gasteiger partial charge in [-0.3, -0.25) is 4.79 Å². The molecule has 2 atom stereocenters. The SMILES string of the molecule is CCCc1nc(C(=O)N2CCC[C@H]3CN(C)C[C@H]32)co1. The highest BCUT2D eigenvalue weighted by Gasteiger charge is 2.40. The minimum atomic E-state index is 0.0427. The summed E-state index contributed by atoms with van der Waals surface area (Å²) in [5.74, 6) is 1.34. The van der Waals surface area contributed by atoms with E-state index in [4.69, 9.17) is 4.42 Å². The molecule has 2 saturated heterocycles. The Kier molecular flexibility index (Phi) is 3.78. The molecule has 2 fully saturated rings. The van der Waals surface area contributed by atoms with Crippen molar-refractivity contribution in [2.75, 3.05) is 26.7 Å². The summed E-state index contributed by atoms with van der Waals surface area (Å²) in [7, 11) is 2.14. The van der Waals surface area contributed by atoms with Crippen LogP contribution < -0.4 is 0 Å². The largest absolute Gasteiger partial charge is 0.448 e. The van der Waals surface area contributed by atoms with Gasteiger partial charge in [-0.2, -0.15) is 0 Å². The lowest BCUT2D eigenvalue weighted by Gasteiger charge is -2.36. The number of fused-ring (bicyclic) bond motifs is 1. The summed E-state index contributed by atoms with van der Waals surface area (Å²) in [5, 5.41) is 0. The van der Waals surface area contributed by atoms with Gasteiger partial charge >= 0.3 is 0 Å². The number of aromatic nitrogens is 1. The number of oxazole rings is 1. The Morgan fingerprint density at radius 1 is 1.50 bits per heavy atom. The van der Waals surface area contributed by atoms with Crippen LogP contribution in [-0.2, 0) is 6.42 Å². The normalized spacial score (nSPS) is 26.8. The van der Waals surface area contributed by atoms with E-state index in [0.717, 1.165) is 38.9 Å². The average molecular weight is 277 g/mol. The Labute approximate surface area is 119 Å². The number of likely N-dealkylation sites (tertiary alicyclic amines) is 2. The van der Waals surface area contributed by atoms with Crippen molar-refractivity contribution in [2.24, 2.45) is 5.92 Å². The lowest BCUT2D eigenvalue weighted by molar-refractivity contribution is 0.0565. The Hall–Kier alpha value is -1.36. The maximum Gasteiger partial charge on any atom is 0.276 e. The molecule has 2 aliphatic rings. The van der Waals surface area contributed by atoms with Crippen molar-refractivity contribution < 1.29 is 9.21 Å². The molecule has 0 N–H and O–H groups in total. The average Bonchev–Trinajstić information content (AvgIpc) is 3.03. The first-order valence-electron chi connectivity index (χ1n) is 7.63. The van der Waals surface area contributed by atoms with E-state index in [1.165, 1.54) is 12.7 Å². The first-order valence-corrected chi connectivity index (χ1v) is 7.63. The van der Waals surface area contributed by atoms with Crippen LogP contribution in [0, 0.1) is 5.92 Å². The molecule has 0 unspecified atom stereocenters. The van der Waals surface area contributed by atoms with Crippen molar-refractivity contribution in [3.8, 4) is 0 Å².